The Morgan fingerprint density at radius 1 is 0.864 bits per heavy atom. The Kier molecular flexibility index (Phi) is 6.52. The van der Waals surface area contributed by atoms with E-state index < -0.39 is 0 Å². The number of allylic oxidation sites excluding steroid dienone is 2. The summed E-state index contributed by atoms with van der Waals surface area (Å²) in [7, 11) is 0. The molecule has 0 bridgehead atoms. The topological polar surface area (TPSA) is 0 Å². The third-order valence-corrected chi connectivity index (χ3v) is 3.75. The maximum Gasteiger partial charge on any atom is 0.0248 e. The summed E-state index contributed by atoms with van der Waals surface area (Å²) in [5.41, 5.74) is 5.07. The van der Waals surface area contributed by atoms with Crippen LogP contribution in [0.1, 0.15) is 50.7 Å². The van der Waals surface area contributed by atoms with Crippen LogP contribution < -0.4 is 0 Å². The van der Waals surface area contributed by atoms with Crippen molar-refractivity contribution in [3.8, 4) is 11.8 Å². The van der Waals surface area contributed by atoms with Crippen molar-refractivity contribution >= 4 is 5.57 Å². The second-order valence-electron chi connectivity index (χ2n) is 5.40. The highest BCUT2D eigenvalue weighted by atomic mass is 14.1. The van der Waals surface area contributed by atoms with Gasteiger partial charge in [-0.05, 0) is 42.5 Å². The predicted octanol–water partition coefficient (Wildman–Crippen LogP) is 6.09. The summed E-state index contributed by atoms with van der Waals surface area (Å²) >= 11 is 0. The third kappa shape index (κ3) is 4.64. The van der Waals surface area contributed by atoms with Crippen LogP contribution in [0.2, 0.25) is 0 Å². The van der Waals surface area contributed by atoms with Crippen LogP contribution in [-0.4, -0.2) is 0 Å². The Balaban J connectivity index is 2.39. The molecule has 2 aromatic rings. The molecule has 0 aliphatic rings. The minimum atomic E-state index is 1.02. The van der Waals surface area contributed by atoms with Gasteiger partial charge in [-0.3, -0.25) is 0 Å². The maximum absolute atomic E-state index is 3.45. The minimum absolute atomic E-state index is 1.02. The molecule has 0 aliphatic carbocycles. The quantitative estimate of drug-likeness (QED) is 0.584. The maximum atomic E-state index is 3.45. The average molecular weight is 288 g/mol. The van der Waals surface area contributed by atoms with Crippen LogP contribution in [-0.2, 0) is 0 Å². The lowest BCUT2D eigenvalue weighted by atomic mass is 9.94. The summed E-state index contributed by atoms with van der Waals surface area (Å²) < 4.78 is 0. The lowest BCUT2D eigenvalue weighted by Gasteiger charge is -2.10. The van der Waals surface area contributed by atoms with Gasteiger partial charge in [-0.15, -0.1) is 0 Å². The molecule has 0 unspecified atom stereocenters. The lowest BCUT2D eigenvalue weighted by molar-refractivity contribution is 0.800. The summed E-state index contributed by atoms with van der Waals surface area (Å²) in [4.78, 5) is 0. The van der Waals surface area contributed by atoms with Crippen LogP contribution in [0.15, 0.2) is 66.2 Å². The smallest absolute Gasteiger partial charge is 0.0248 e. The summed E-state index contributed by atoms with van der Waals surface area (Å²) in [6.45, 7) is 4.45. The van der Waals surface area contributed by atoms with Gasteiger partial charge in [0, 0.05) is 11.1 Å². The number of rotatable bonds is 5. The summed E-state index contributed by atoms with van der Waals surface area (Å²) in [6, 6.07) is 20.9. The van der Waals surface area contributed by atoms with Gasteiger partial charge >= 0.3 is 0 Å². The van der Waals surface area contributed by atoms with Gasteiger partial charge in [-0.1, -0.05) is 80.6 Å². The first-order valence-electron chi connectivity index (χ1n) is 8.19. The Morgan fingerprint density at radius 3 is 2.09 bits per heavy atom. The van der Waals surface area contributed by atoms with Crippen molar-refractivity contribution in [3.63, 3.8) is 0 Å². The van der Waals surface area contributed by atoms with Gasteiger partial charge < -0.3 is 0 Å². The monoisotopic (exact) mass is 288 g/mol. The van der Waals surface area contributed by atoms with E-state index in [-0.39, 0.29) is 0 Å². The van der Waals surface area contributed by atoms with Gasteiger partial charge in [0.2, 0.25) is 0 Å². The van der Waals surface area contributed by atoms with Crippen molar-refractivity contribution in [2.75, 3.05) is 0 Å². The summed E-state index contributed by atoms with van der Waals surface area (Å²) in [5.74, 6) is 6.78. The van der Waals surface area contributed by atoms with E-state index in [1.54, 1.807) is 0 Å². The van der Waals surface area contributed by atoms with Gasteiger partial charge in [0.25, 0.3) is 0 Å². The van der Waals surface area contributed by atoms with Crippen molar-refractivity contribution in [2.24, 2.45) is 0 Å². The Hall–Kier alpha value is -2.26. The van der Waals surface area contributed by atoms with E-state index in [9.17, 15) is 0 Å². The molecule has 0 N–H and O–H groups in total. The van der Waals surface area contributed by atoms with Crippen molar-refractivity contribution in [2.45, 2.75) is 39.5 Å². The van der Waals surface area contributed by atoms with Gasteiger partial charge in [-0.2, -0.15) is 0 Å². The van der Waals surface area contributed by atoms with E-state index >= 15 is 0 Å². The highest BCUT2D eigenvalue weighted by Gasteiger charge is 2.05. The van der Waals surface area contributed by atoms with Crippen molar-refractivity contribution in [1.82, 2.24) is 0 Å². The summed E-state index contributed by atoms with van der Waals surface area (Å²) in [6.07, 6.45) is 4.47. The molecule has 112 valence electrons. The number of hydrogen-bond donors (Lipinski definition) is 0. The molecule has 0 atom stereocenters. The summed E-state index contributed by atoms with van der Waals surface area (Å²) in [5, 5.41) is 0. The molecule has 0 saturated carbocycles. The first-order chi connectivity index (χ1) is 10.8. The normalized spacial score (nSPS) is 11.4. The van der Waals surface area contributed by atoms with Crippen LogP contribution in [0.4, 0.5) is 0 Å². The first-order valence-corrected chi connectivity index (χ1v) is 8.19. The molecule has 0 nitrogen and oxygen atoms in total. The van der Waals surface area contributed by atoms with Crippen LogP contribution in [0.5, 0.6) is 0 Å². The second kappa shape index (κ2) is 8.90. The van der Waals surface area contributed by atoms with E-state index in [0.29, 0.717) is 0 Å². The number of benzene rings is 2. The molecule has 0 fully saturated rings. The molecule has 22 heavy (non-hydrogen) atoms. The van der Waals surface area contributed by atoms with Crippen LogP contribution in [0, 0.1) is 11.8 Å². The van der Waals surface area contributed by atoms with Crippen molar-refractivity contribution in [1.29, 1.82) is 0 Å². The fourth-order valence-corrected chi connectivity index (χ4v) is 2.54. The molecular formula is C22H24. The van der Waals surface area contributed by atoms with Gasteiger partial charge in [0.05, 0.1) is 0 Å². The molecule has 0 heterocycles. The molecule has 0 aromatic heterocycles. The van der Waals surface area contributed by atoms with Gasteiger partial charge in [0.1, 0.15) is 0 Å². The minimum Gasteiger partial charge on any atom is -0.0658 e. The second-order valence-corrected chi connectivity index (χ2v) is 5.40. The number of unbranched alkanes of at least 4 members (excludes halogenated alkanes) is 1. The van der Waals surface area contributed by atoms with Crippen LogP contribution >= 0.6 is 0 Å². The standard InChI is InChI=1S/C22H24/c1-3-5-14-21(18-17-19-12-8-6-9-13-19)22(4-2)20-15-10-7-11-16-20/h6-13,15-16H,3-5,14H2,1-2H3/b22-21-. The van der Waals surface area contributed by atoms with Gasteiger partial charge in [0.15, 0.2) is 0 Å². The highest BCUT2D eigenvalue weighted by molar-refractivity contribution is 5.72. The van der Waals surface area contributed by atoms with Crippen molar-refractivity contribution in [3.05, 3.63) is 77.4 Å². The fourth-order valence-electron chi connectivity index (χ4n) is 2.54. The first kappa shape index (κ1) is 16.1. The zero-order valence-corrected chi connectivity index (χ0v) is 13.6. The number of hydrogen-bond acceptors (Lipinski definition) is 0. The molecule has 0 amide bonds. The molecule has 0 saturated heterocycles. The highest BCUT2D eigenvalue weighted by Crippen LogP contribution is 2.25. The van der Waals surface area contributed by atoms with E-state index in [2.05, 4.69) is 68.2 Å². The zero-order chi connectivity index (χ0) is 15.6. The Bertz CT molecular complexity index is 651. The fraction of sp³-hybridized carbons (Fsp3) is 0.273. The lowest BCUT2D eigenvalue weighted by Crippen LogP contribution is -1.91. The molecular weight excluding hydrogens is 264 g/mol. The zero-order valence-electron chi connectivity index (χ0n) is 13.6. The molecule has 0 spiro atoms. The van der Waals surface area contributed by atoms with Gasteiger partial charge in [-0.25, -0.2) is 0 Å². The third-order valence-electron chi connectivity index (χ3n) is 3.75. The van der Waals surface area contributed by atoms with Crippen molar-refractivity contribution < 1.29 is 0 Å². The van der Waals surface area contributed by atoms with Crippen LogP contribution in [0.3, 0.4) is 0 Å². The van der Waals surface area contributed by atoms with E-state index in [4.69, 9.17) is 0 Å². The molecule has 0 aliphatic heterocycles. The SMILES string of the molecule is CCCC/C(C#Cc1ccccc1)=C(\CC)c1ccccc1. The van der Waals surface area contributed by atoms with E-state index in [1.165, 1.54) is 29.6 Å². The molecule has 2 rings (SSSR count). The Labute approximate surface area is 134 Å². The molecule has 0 radical (unpaired) electrons. The average Bonchev–Trinajstić information content (AvgIpc) is 2.59. The van der Waals surface area contributed by atoms with E-state index in [1.807, 2.05) is 18.2 Å². The Morgan fingerprint density at radius 2 is 1.50 bits per heavy atom. The predicted molar refractivity (Wildman–Crippen MR) is 96.5 cm³/mol. The molecule has 2 aromatic carbocycles. The van der Waals surface area contributed by atoms with E-state index in [0.717, 1.165) is 18.4 Å². The van der Waals surface area contributed by atoms with Crippen LogP contribution in [0.25, 0.3) is 5.57 Å². The largest absolute Gasteiger partial charge is 0.0658 e. The molecule has 0 heteroatoms.